The van der Waals surface area contributed by atoms with Gasteiger partial charge < -0.3 is 4.89 Å². The Kier molecular flexibility index (Phi) is 4.43. The van der Waals surface area contributed by atoms with Gasteiger partial charge in [-0.05, 0) is 52.0 Å². The van der Waals surface area contributed by atoms with Gasteiger partial charge in [-0.15, -0.1) is 0 Å². The first kappa shape index (κ1) is 15.3. The van der Waals surface area contributed by atoms with Crippen molar-refractivity contribution in [1.82, 2.24) is 0 Å². The lowest BCUT2D eigenvalue weighted by molar-refractivity contribution is -0.274. The predicted molar refractivity (Wildman–Crippen MR) is 82.5 cm³/mol. The summed E-state index contributed by atoms with van der Waals surface area (Å²) in [4.78, 5) is 22.8. The normalized spacial score (nSPS) is 11.2. The van der Waals surface area contributed by atoms with Gasteiger partial charge in [-0.2, -0.15) is 4.89 Å². The Bertz CT molecular complexity index is 604. The SMILES string of the molecule is Cc1ccc(C(=O)c2ccc(OOC(C)(C)C)cc2)cc1. The number of benzene rings is 2. The van der Waals surface area contributed by atoms with Crippen LogP contribution in [0.1, 0.15) is 42.3 Å². The van der Waals surface area contributed by atoms with Gasteiger partial charge in [-0.1, -0.05) is 29.8 Å². The number of hydrogen-bond donors (Lipinski definition) is 0. The molecule has 0 radical (unpaired) electrons. The first-order chi connectivity index (χ1) is 9.85. The third-order valence-electron chi connectivity index (χ3n) is 2.82. The molecule has 0 heterocycles. The van der Waals surface area contributed by atoms with Crippen LogP contribution in [0.4, 0.5) is 0 Å². The third-order valence-corrected chi connectivity index (χ3v) is 2.82. The smallest absolute Gasteiger partial charge is 0.193 e. The van der Waals surface area contributed by atoms with Gasteiger partial charge >= 0.3 is 0 Å². The van der Waals surface area contributed by atoms with Crippen molar-refractivity contribution in [1.29, 1.82) is 0 Å². The maximum absolute atomic E-state index is 12.3. The highest BCUT2D eigenvalue weighted by molar-refractivity contribution is 6.09. The zero-order chi connectivity index (χ0) is 15.5. The molecular formula is C18H20O3. The van der Waals surface area contributed by atoms with Crippen LogP contribution in [-0.2, 0) is 4.89 Å². The van der Waals surface area contributed by atoms with E-state index in [4.69, 9.17) is 9.78 Å². The van der Waals surface area contributed by atoms with Crippen molar-refractivity contribution in [2.24, 2.45) is 0 Å². The van der Waals surface area contributed by atoms with Crippen LogP contribution in [-0.4, -0.2) is 11.4 Å². The predicted octanol–water partition coefficient (Wildman–Crippen LogP) is 4.33. The molecule has 0 unspecified atom stereocenters. The fourth-order valence-corrected chi connectivity index (χ4v) is 1.71. The van der Waals surface area contributed by atoms with Crippen molar-refractivity contribution in [3.63, 3.8) is 0 Å². The largest absolute Gasteiger partial charge is 0.337 e. The zero-order valence-corrected chi connectivity index (χ0v) is 12.8. The van der Waals surface area contributed by atoms with E-state index in [1.807, 2.05) is 52.0 Å². The molecule has 110 valence electrons. The maximum atomic E-state index is 12.3. The van der Waals surface area contributed by atoms with Crippen molar-refractivity contribution in [3.8, 4) is 5.75 Å². The van der Waals surface area contributed by atoms with Crippen LogP contribution in [0.3, 0.4) is 0 Å². The second kappa shape index (κ2) is 6.10. The Morgan fingerprint density at radius 1 is 0.857 bits per heavy atom. The molecule has 3 nitrogen and oxygen atoms in total. The Morgan fingerprint density at radius 2 is 1.33 bits per heavy atom. The molecule has 0 bridgehead atoms. The Labute approximate surface area is 125 Å². The summed E-state index contributed by atoms with van der Waals surface area (Å²) in [5, 5.41) is 0. The highest BCUT2D eigenvalue weighted by atomic mass is 17.2. The van der Waals surface area contributed by atoms with Gasteiger partial charge in [0, 0.05) is 11.1 Å². The van der Waals surface area contributed by atoms with E-state index in [1.54, 1.807) is 24.3 Å². The van der Waals surface area contributed by atoms with Crippen LogP contribution in [0.5, 0.6) is 5.75 Å². The van der Waals surface area contributed by atoms with E-state index in [2.05, 4.69) is 0 Å². The Morgan fingerprint density at radius 3 is 1.81 bits per heavy atom. The van der Waals surface area contributed by atoms with Gasteiger partial charge in [0.1, 0.15) is 5.60 Å². The second-order valence-corrected chi connectivity index (χ2v) is 6.00. The van der Waals surface area contributed by atoms with Gasteiger partial charge in [0.25, 0.3) is 0 Å². The van der Waals surface area contributed by atoms with E-state index in [0.29, 0.717) is 16.9 Å². The Balaban J connectivity index is 2.08. The fourth-order valence-electron chi connectivity index (χ4n) is 1.71. The van der Waals surface area contributed by atoms with Crippen LogP contribution < -0.4 is 4.89 Å². The molecule has 0 amide bonds. The van der Waals surface area contributed by atoms with Crippen LogP contribution in [0.15, 0.2) is 48.5 Å². The lowest BCUT2D eigenvalue weighted by Gasteiger charge is -2.17. The average molecular weight is 284 g/mol. The first-order valence-electron chi connectivity index (χ1n) is 6.92. The first-order valence-corrected chi connectivity index (χ1v) is 6.92. The average Bonchev–Trinajstić information content (AvgIpc) is 2.45. The van der Waals surface area contributed by atoms with Crippen molar-refractivity contribution in [2.75, 3.05) is 0 Å². The Hall–Kier alpha value is -2.13. The molecule has 0 saturated heterocycles. The maximum Gasteiger partial charge on any atom is 0.193 e. The summed E-state index contributed by atoms with van der Waals surface area (Å²) in [6.07, 6.45) is 0. The molecule has 0 spiro atoms. The minimum atomic E-state index is -0.379. The molecule has 21 heavy (non-hydrogen) atoms. The van der Waals surface area contributed by atoms with Gasteiger partial charge in [-0.3, -0.25) is 4.79 Å². The molecule has 3 heteroatoms. The number of ketones is 1. The monoisotopic (exact) mass is 284 g/mol. The standard InChI is InChI=1S/C18H20O3/c1-13-5-7-14(8-6-13)17(19)15-9-11-16(12-10-15)20-21-18(2,3)4/h5-12H,1-4H3. The van der Waals surface area contributed by atoms with Crippen molar-refractivity contribution in [3.05, 3.63) is 65.2 Å². The van der Waals surface area contributed by atoms with Crippen molar-refractivity contribution in [2.45, 2.75) is 33.3 Å². The summed E-state index contributed by atoms with van der Waals surface area (Å²) in [6, 6.07) is 14.5. The zero-order valence-electron chi connectivity index (χ0n) is 12.8. The van der Waals surface area contributed by atoms with E-state index < -0.39 is 0 Å². The molecule has 0 aliphatic carbocycles. The molecule has 0 atom stereocenters. The van der Waals surface area contributed by atoms with E-state index in [0.717, 1.165) is 5.56 Å². The van der Waals surface area contributed by atoms with Crippen LogP contribution >= 0.6 is 0 Å². The van der Waals surface area contributed by atoms with E-state index >= 15 is 0 Å². The van der Waals surface area contributed by atoms with Gasteiger partial charge in [0.15, 0.2) is 11.5 Å². The van der Waals surface area contributed by atoms with Gasteiger partial charge in [0.05, 0.1) is 0 Å². The van der Waals surface area contributed by atoms with E-state index in [-0.39, 0.29) is 11.4 Å². The second-order valence-electron chi connectivity index (χ2n) is 6.00. The summed E-state index contributed by atoms with van der Waals surface area (Å²) in [5.41, 5.74) is 2.06. The minimum absolute atomic E-state index is 0.00158. The molecule has 0 fully saturated rings. The lowest BCUT2D eigenvalue weighted by atomic mass is 10.0. The molecule has 2 aromatic rings. The molecule has 0 saturated carbocycles. The van der Waals surface area contributed by atoms with Crippen LogP contribution in [0.25, 0.3) is 0 Å². The third kappa shape index (κ3) is 4.43. The summed E-state index contributed by atoms with van der Waals surface area (Å²) < 4.78 is 0. The summed E-state index contributed by atoms with van der Waals surface area (Å²) in [7, 11) is 0. The number of carbonyl (C=O) groups excluding carboxylic acids is 1. The van der Waals surface area contributed by atoms with Crippen molar-refractivity contribution >= 4 is 5.78 Å². The number of carbonyl (C=O) groups is 1. The molecule has 2 aromatic carbocycles. The van der Waals surface area contributed by atoms with Crippen molar-refractivity contribution < 1.29 is 14.6 Å². The molecule has 0 aromatic heterocycles. The number of hydrogen-bond acceptors (Lipinski definition) is 3. The molecule has 0 N–H and O–H groups in total. The quantitative estimate of drug-likeness (QED) is 0.476. The van der Waals surface area contributed by atoms with E-state index in [1.165, 1.54) is 0 Å². The molecule has 2 rings (SSSR count). The van der Waals surface area contributed by atoms with Gasteiger partial charge in [0.2, 0.25) is 0 Å². The molecule has 0 aliphatic heterocycles. The topological polar surface area (TPSA) is 35.5 Å². The van der Waals surface area contributed by atoms with Crippen LogP contribution in [0, 0.1) is 6.92 Å². The van der Waals surface area contributed by atoms with Crippen LogP contribution in [0.2, 0.25) is 0 Å². The highest BCUT2D eigenvalue weighted by Crippen LogP contribution is 2.18. The molecule has 0 aliphatic rings. The summed E-state index contributed by atoms with van der Waals surface area (Å²) in [5.74, 6) is 0.573. The summed E-state index contributed by atoms with van der Waals surface area (Å²) in [6.45, 7) is 7.71. The highest BCUT2D eigenvalue weighted by Gasteiger charge is 2.13. The van der Waals surface area contributed by atoms with Gasteiger partial charge in [-0.25, -0.2) is 0 Å². The van der Waals surface area contributed by atoms with E-state index in [9.17, 15) is 4.79 Å². The number of rotatable bonds is 4. The number of aryl methyl sites for hydroxylation is 1. The lowest BCUT2D eigenvalue weighted by Crippen LogP contribution is -2.21. The summed E-state index contributed by atoms with van der Waals surface area (Å²) >= 11 is 0. The molecular weight excluding hydrogens is 264 g/mol. The fraction of sp³-hybridized carbons (Fsp3) is 0.278. The minimum Gasteiger partial charge on any atom is -0.337 e.